The van der Waals surface area contributed by atoms with Crippen LogP contribution in [-0.2, 0) is 14.4 Å². The highest BCUT2D eigenvalue weighted by Crippen LogP contribution is 2.28. The molecule has 0 spiro atoms. The number of nitrogens with zero attached hydrogens (tertiary/aromatic N) is 1. The maximum Gasteiger partial charge on any atom is 0.246 e. The first kappa shape index (κ1) is 40.2. The molecule has 228 valence electrons. The number of hydrogen-bond donors (Lipinski definition) is 5. The quantitative estimate of drug-likeness (QED) is 0.154. The Morgan fingerprint density at radius 3 is 2.23 bits per heavy atom. The van der Waals surface area contributed by atoms with Crippen LogP contribution in [0.4, 0.5) is 5.69 Å². The molecule has 1 aliphatic rings. The van der Waals surface area contributed by atoms with Crippen molar-refractivity contribution in [3.63, 3.8) is 0 Å². The summed E-state index contributed by atoms with van der Waals surface area (Å²) in [6.07, 6.45) is 7.71. The van der Waals surface area contributed by atoms with Crippen molar-refractivity contribution in [2.45, 2.75) is 57.0 Å². The van der Waals surface area contributed by atoms with Crippen LogP contribution in [0.5, 0.6) is 0 Å². The Balaban J connectivity index is 0. The van der Waals surface area contributed by atoms with E-state index in [0.717, 1.165) is 36.6 Å². The third kappa shape index (κ3) is 12.3. The van der Waals surface area contributed by atoms with Gasteiger partial charge in [-0.15, -0.1) is 0 Å². The first-order valence-electron chi connectivity index (χ1n) is 12.9. The number of halogens is 4. The van der Waals surface area contributed by atoms with Gasteiger partial charge in [-0.25, -0.2) is 4.98 Å². The Labute approximate surface area is 261 Å². The SMILES string of the molecule is NCCN(CCN)C(=O)C[C@H](N)C(=O)N[C@@H](CC1CCCCC1)C(=O)Nc1ccc2[nH+]cccc2c1.[Cl-].[Cl-].[Cl-].[Cl-]. The average Bonchev–Trinajstić information content (AvgIpc) is 2.88. The smallest absolute Gasteiger partial charge is 0.246 e. The number of carbonyl (C=O) groups is 3. The Morgan fingerprint density at radius 2 is 1.60 bits per heavy atom. The molecule has 0 aliphatic heterocycles. The topological polar surface area (TPSA) is 171 Å². The number of carbonyl (C=O) groups excluding carboxylic acids is 3. The first-order chi connectivity index (χ1) is 17.4. The van der Waals surface area contributed by atoms with E-state index in [0.29, 0.717) is 44.2 Å². The van der Waals surface area contributed by atoms with Crippen molar-refractivity contribution < 1.29 is 69.0 Å². The minimum atomic E-state index is -1.08. The number of pyridine rings is 1. The second kappa shape index (κ2) is 20.9. The lowest BCUT2D eigenvalue weighted by Gasteiger charge is -2.28. The molecule has 1 aliphatic carbocycles. The van der Waals surface area contributed by atoms with Crippen molar-refractivity contribution >= 4 is 34.3 Å². The van der Waals surface area contributed by atoms with Crippen molar-refractivity contribution in [1.29, 1.82) is 0 Å². The number of rotatable bonds is 12. The summed E-state index contributed by atoms with van der Waals surface area (Å²) in [5.74, 6) is -0.745. The molecule has 3 amide bonds. The van der Waals surface area contributed by atoms with Crippen LogP contribution in [0, 0.1) is 5.92 Å². The minimum absolute atomic E-state index is 0. The molecular weight excluding hydrogens is 600 g/mol. The van der Waals surface area contributed by atoms with Crippen LogP contribution in [0.25, 0.3) is 10.9 Å². The number of nitrogens with two attached hydrogens (primary N) is 3. The van der Waals surface area contributed by atoms with Gasteiger partial charge in [-0.05, 0) is 30.5 Å². The van der Waals surface area contributed by atoms with Crippen LogP contribution in [-0.4, -0.2) is 60.9 Å². The Bertz CT molecular complexity index is 1040. The number of hydrogen-bond acceptors (Lipinski definition) is 6. The summed E-state index contributed by atoms with van der Waals surface area (Å²) in [4.78, 5) is 43.5. The lowest BCUT2D eigenvalue weighted by Crippen LogP contribution is -3.00. The minimum Gasteiger partial charge on any atom is -1.00 e. The van der Waals surface area contributed by atoms with E-state index in [2.05, 4.69) is 15.6 Å². The molecule has 2 atom stereocenters. The van der Waals surface area contributed by atoms with Crippen LogP contribution < -0.4 is 82.4 Å². The van der Waals surface area contributed by atoms with Crippen molar-refractivity contribution in [2.24, 2.45) is 23.1 Å². The van der Waals surface area contributed by atoms with Crippen molar-refractivity contribution in [3.8, 4) is 0 Å². The predicted molar refractivity (Wildman–Crippen MR) is 140 cm³/mol. The fraction of sp³-hybridized carbons (Fsp3) is 0.538. The number of amides is 3. The molecule has 1 aromatic carbocycles. The summed E-state index contributed by atoms with van der Waals surface area (Å²) < 4.78 is 0. The second-order valence-electron chi connectivity index (χ2n) is 9.53. The van der Waals surface area contributed by atoms with E-state index in [-0.39, 0.29) is 67.9 Å². The van der Waals surface area contributed by atoms with E-state index in [1.54, 1.807) is 0 Å². The van der Waals surface area contributed by atoms with Gasteiger partial charge in [-0.3, -0.25) is 14.4 Å². The largest absolute Gasteiger partial charge is 1.00 e. The molecule has 0 bridgehead atoms. The predicted octanol–water partition coefficient (Wildman–Crippen LogP) is -11.5. The molecule has 2 aromatic rings. The van der Waals surface area contributed by atoms with Gasteiger partial charge in [0.1, 0.15) is 6.04 Å². The van der Waals surface area contributed by atoms with E-state index in [1.807, 2.05) is 36.5 Å². The van der Waals surface area contributed by atoms with Gasteiger partial charge in [-0.2, -0.15) is 0 Å². The van der Waals surface area contributed by atoms with Gasteiger partial charge in [0.05, 0.1) is 12.5 Å². The highest BCUT2D eigenvalue weighted by Gasteiger charge is 2.29. The molecule has 9 N–H and O–H groups in total. The number of aromatic amines is 1. The highest BCUT2D eigenvalue weighted by atomic mass is 35.5. The Morgan fingerprint density at radius 1 is 0.950 bits per heavy atom. The second-order valence-corrected chi connectivity index (χ2v) is 9.53. The molecule has 1 saturated carbocycles. The van der Waals surface area contributed by atoms with Gasteiger partial charge in [0, 0.05) is 49.4 Å². The van der Waals surface area contributed by atoms with Gasteiger partial charge >= 0.3 is 0 Å². The number of benzene rings is 1. The molecule has 0 radical (unpaired) electrons. The standard InChI is InChI=1S/C26H39N7O3.4ClH/c27-10-13-33(14-11-28)24(34)17-21(29)25(35)32-23(15-18-5-2-1-3-6-18)26(36)31-20-8-9-22-19(16-20)7-4-12-30-22;;;;/h4,7-9,12,16,18,21,23H,1-3,5-6,10-11,13-15,17,27-29H2,(H,31,36)(H,32,35);4*1H/p-3/t21-,23-;;;;/m0..../s1. The molecule has 3 rings (SSSR count). The van der Waals surface area contributed by atoms with Gasteiger partial charge in [0.25, 0.3) is 0 Å². The van der Waals surface area contributed by atoms with E-state index < -0.39 is 18.0 Å². The fourth-order valence-corrected chi connectivity index (χ4v) is 4.78. The summed E-state index contributed by atoms with van der Waals surface area (Å²) in [6.45, 7) is 1.29. The summed E-state index contributed by atoms with van der Waals surface area (Å²) in [7, 11) is 0. The number of H-pyrrole nitrogens is 1. The lowest BCUT2D eigenvalue weighted by molar-refractivity contribution is -0.344. The van der Waals surface area contributed by atoms with Crippen LogP contribution in [0.2, 0.25) is 0 Å². The van der Waals surface area contributed by atoms with Crippen molar-refractivity contribution in [1.82, 2.24) is 10.2 Å². The van der Waals surface area contributed by atoms with E-state index in [4.69, 9.17) is 17.2 Å². The molecule has 0 saturated heterocycles. The summed E-state index contributed by atoms with van der Waals surface area (Å²) in [5.41, 5.74) is 18.8. The summed E-state index contributed by atoms with van der Waals surface area (Å²) in [6, 6.07) is 7.64. The molecule has 1 fully saturated rings. The van der Waals surface area contributed by atoms with E-state index in [1.165, 1.54) is 11.3 Å². The molecule has 1 aromatic heterocycles. The van der Waals surface area contributed by atoms with Gasteiger partial charge in [-0.1, -0.05) is 32.1 Å². The number of aromatic nitrogens is 1. The van der Waals surface area contributed by atoms with Crippen LogP contribution >= 0.6 is 0 Å². The van der Waals surface area contributed by atoms with Crippen LogP contribution in [0.15, 0.2) is 36.5 Å². The first-order valence-corrected chi connectivity index (χ1v) is 12.9. The third-order valence-corrected chi connectivity index (χ3v) is 6.74. The summed E-state index contributed by atoms with van der Waals surface area (Å²) >= 11 is 0. The Hall–Kier alpha value is -1.92. The zero-order chi connectivity index (χ0) is 25.9. The number of anilines is 1. The molecule has 40 heavy (non-hydrogen) atoms. The van der Waals surface area contributed by atoms with Gasteiger partial charge in [0.15, 0.2) is 6.20 Å². The zero-order valence-electron chi connectivity index (χ0n) is 22.4. The molecular formula is C26H40Cl4N7O3-3. The normalized spacial score (nSPS) is 14.2. The Kier molecular flexibility index (Phi) is 21.0. The number of fused-ring (bicyclic) bond motifs is 1. The van der Waals surface area contributed by atoms with E-state index in [9.17, 15) is 14.4 Å². The van der Waals surface area contributed by atoms with Crippen molar-refractivity contribution in [2.75, 3.05) is 31.5 Å². The van der Waals surface area contributed by atoms with Crippen LogP contribution in [0.1, 0.15) is 44.9 Å². The van der Waals surface area contributed by atoms with Crippen LogP contribution in [0.3, 0.4) is 0 Å². The van der Waals surface area contributed by atoms with Gasteiger partial charge in [0.2, 0.25) is 23.2 Å². The van der Waals surface area contributed by atoms with Gasteiger partial charge < -0.3 is 82.4 Å². The highest BCUT2D eigenvalue weighted by molar-refractivity contribution is 5.99. The molecule has 0 unspecified atom stereocenters. The third-order valence-electron chi connectivity index (χ3n) is 6.74. The van der Waals surface area contributed by atoms with E-state index >= 15 is 0 Å². The van der Waals surface area contributed by atoms with Crippen molar-refractivity contribution in [3.05, 3.63) is 36.5 Å². The summed E-state index contributed by atoms with van der Waals surface area (Å²) in [5, 5.41) is 6.74. The lowest BCUT2D eigenvalue weighted by atomic mass is 9.84. The molecule has 10 nitrogen and oxygen atoms in total. The maximum atomic E-state index is 13.3. The monoisotopic (exact) mass is 638 g/mol. The fourth-order valence-electron chi connectivity index (χ4n) is 4.78. The zero-order valence-corrected chi connectivity index (χ0v) is 25.4. The average molecular weight is 640 g/mol. The molecule has 14 heteroatoms. The number of nitrogens with one attached hydrogen (secondary N) is 3. The molecule has 1 heterocycles. The maximum absolute atomic E-state index is 13.3.